The highest BCUT2D eigenvalue weighted by molar-refractivity contribution is 7.12. The minimum atomic E-state index is -0.816. The van der Waals surface area contributed by atoms with Gasteiger partial charge < -0.3 is 15.3 Å². The van der Waals surface area contributed by atoms with E-state index in [9.17, 15) is 9.59 Å². The third-order valence-corrected chi connectivity index (χ3v) is 4.50. The van der Waals surface area contributed by atoms with Crippen molar-refractivity contribution in [3.8, 4) is 0 Å². The molecular formula is C14H20N2O3S. The Hall–Kier alpha value is -1.40. The summed E-state index contributed by atoms with van der Waals surface area (Å²) in [5, 5.41) is 11.9. The summed E-state index contributed by atoms with van der Waals surface area (Å²) in [6.45, 7) is 4.22. The molecule has 1 aromatic heterocycles. The van der Waals surface area contributed by atoms with E-state index < -0.39 is 5.97 Å². The van der Waals surface area contributed by atoms with Crippen LogP contribution in [0.5, 0.6) is 0 Å². The van der Waals surface area contributed by atoms with E-state index in [0.717, 1.165) is 35.7 Å². The number of hydrogen-bond acceptors (Lipinski definition) is 4. The number of hydrogen-bond donors (Lipinski definition) is 2. The molecule has 0 saturated carbocycles. The number of amides is 1. The summed E-state index contributed by atoms with van der Waals surface area (Å²) in [6, 6.07) is 3.56. The van der Waals surface area contributed by atoms with Gasteiger partial charge in [-0.1, -0.05) is 0 Å². The van der Waals surface area contributed by atoms with Crippen LogP contribution in [0.1, 0.15) is 29.5 Å². The molecule has 6 heteroatoms. The molecule has 0 aromatic carbocycles. The van der Waals surface area contributed by atoms with Crippen molar-refractivity contribution in [2.24, 2.45) is 0 Å². The van der Waals surface area contributed by atoms with E-state index in [4.69, 9.17) is 5.11 Å². The van der Waals surface area contributed by atoms with Gasteiger partial charge in [0.15, 0.2) is 0 Å². The van der Waals surface area contributed by atoms with E-state index in [1.54, 1.807) is 0 Å². The maximum Gasteiger partial charge on any atom is 0.308 e. The van der Waals surface area contributed by atoms with Gasteiger partial charge in [0.05, 0.1) is 12.5 Å². The Morgan fingerprint density at radius 2 is 2.00 bits per heavy atom. The summed E-state index contributed by atoms with van der Waals surface area (Å²) in [5.41, 5.74) is 0. The molecule has 1 aromatic rings. The third kappa shape index (κ3) is 4.05. The molecule has 110 valence electrons. The van der Waals surface area contributed by atoms with Gasteiger partial charge >= 0.3 is 5.97 Å². The van der Waals surface area contributed by atoms with Crippen LogP contribution in [0.25, 0.3) is 0 Å². The highest BCUT2D eigenvalue weighted by Gasteiger charge is 2.22. The number of carboxylic acids is 1. The fourth-order valence-corrected chi connectivity index (χ4v) is 3.27. The Balaban J connectivity index is 1.80. The van der Waals surface area contributed by atoms with Crippen LogP contribution >= 0.6 is 11.3 Å². The summed E-state index contributed by atoms with van der Waals surface area (Å²) in [6.07, 6.45) is 2.26. The molecule has 1 saturated heterocycles. The summed E-state index contributed by atoms with van der Waals surface area (Å²) < 4.78 is 0. The van der Waals surface area contributed by atoms with Crippen LogP contribution in [0, 0.1) is 0 Å². The average Bonchev–Trinajstić information content (AvgIpc) is 3.05. The van der Waals surface area contributed by atoms with Gasteiger partial charge in [0.1, 0.15) is 0 Å². The zero-order chi connectivity index (χ0) is 14.5. The summed E-state index contributed by atoms with van der Waals surface area (Å²) >= 11 is 1.48. The SMILES string of the molecule is CC(NCc1ccc(CC(=O)O)s1)C(=O)N1CCCC1. The first-order valence-electron chi connectivity index (χ1n) is 6.88. The van der Waals surface area contributed by atoms with Gasteiger partial charge in [-0.05, 0) is 31.9 Å². The molecule has 1 aliphatic heterocycles. The predicted octanol–water partition coefficient (Wildman–Crippen LogP) is 1.48. The highest BCUT2D eigenvalue weighted by atomic mass is 32.1. The summed E-state index contributed by atoms with van der Waals surface area (Å²) in [5.74, 6) is -0.659. The van der Waals surface area contributed by atoms with Crippen molar-refractivity contribution in [1.29, 1.82) is 0 Å². The topological polar surface area (TPSA) is 69.6 Å². The van der Waals surface area contributed by atoms with Crippen molar-refractivity contribution in [2.75, 3.05) is 13.1 Å². The lowest BCUT2D eigenvalue weighted by atomic mass is 10.3. The van der Waals surface area contributed by atoms with Crippen molar-refractivity contribution in [1.82, 2.24) is 10.2 Å². The van der Waals surface area contributed by atoms with E-state index in [1.165, 1.54) is 11.3 Å². The molecule has 20 heavy (non-hydrogen) atoms. The zero-order valence-electron chi connectivity index (χ0n) is 11.6. The Kier molecular flexibility index (Phi) is 5.14. The normalized spacial score (nSPS) is 16.4. The molecule has 5 nitrogen and oxygen atoms in total. The van der Waals surface area contributed by atoms with Gasteiger partial charge in [-0.25, -0.2) is 0 Å². The smallest absolute Gasteiger partial charge is 0.308 e. The van der Waals surface area contributed by atoms with Gasteiger partial charge in [0.25, 0.3) is 0 Å². The van der Waals surface area contributed by atoms with Crippen molar-refractivity contribution >= 4 is 23.2 Å². The zero-order valence-corrected chi connectivity index (χ0v) is 12.4. The van der Waals surface area contributed by atoms with Crippen molar-refractivity contribution in [2.45, 2.75) is 38.8 Å². The van der Waals surface area contributed by atoms with Crippen LogP contribution in [0.4, 0.5) is 0 Å². The van der Waals surface area contributed by atoms with Gasteiger partial charge in [0.2, 0.25) is 5.91 Å². The molecule has 0 bridgehead atoms. The Bertz CT molecular complexity index is 481. The lowest BCUT2D eigenvalue weighted by Gasteiger charge is -2.20. The van der Waals surface area contributed by atoms with Crippen molar-refractivity contribution < 1.29 is 14.7 Å². The van der Waals surface area contributed by atoms with Crippen LogP contribution in [0.2, 0.25) is 0 Å². The second kappa shape index (κ2) is 6.85. The molecule has 2 rings (SSSR count). The molecule has 1 aliphatic rings. The second-order valence-corrected chi connectivity index (χ2v) is 6.33. The molecule has 2 N–H and O–H groups in total. The number of nitrogens with one attached hydrogen (secondary N) is 1. The van der Waals surface area contributed by atoms with E-state index in [-0.39, 0.29) is 18.4 Å². The standard InChI is InChI=1S/C14H20N2O3S/c1-10(14(19)16-6-2-3-7-16)15-9-12-5-4-11(20-12)8-13(17)18/h4-5,10,15H,2-3,6-9H2,1H3,(H,17,18). The monoisotopic (exact) mass is 296 g/mol. The van der Waals surface area contributed by atoms with Crippen LogP contribution in [-0.4, -0.2) is 41.0 Å². The minimum Gasteiger partial charge on any atom is -0.481 e. The number of rotatable bonds is 6. The first kappa shape index (κ1) is 15.0. The van der Waals surface area contributed by atoms with Crippen LogP contribution in [-0.2, 0) is 22.6 Å². The average molecular weight is 296 g/mol. The Morgan fingerprint density at radius 3 is 2.65 bits per heavy atom. The number of aliphatic carboxylic acids is 1. The van der Waals surface area contributed by atoms with Crippen molar-refractivity contribution in [3.05, 3.63) is 21.9 Å². The summed E-state index contributed by atoms with van der Waals surface area (Å²) in [7, 11) is 0. The molecular weight excluding hydrogens is 276 g/mol. The van der Waals surface area contributed by atoms with Crippen molar-refractivity contribution in [3.63, 3.8) is 0 Å². The fraction of sp³-hybridized carbons (Fsp3) is 0.571. The van der Waals surface area contributed by atoms with Gasteiger partial charge in [-0.2, -0.15) is 0 Å². The van der Waals surface area contributed by atoms with E-state index >= 15 is 0 Å². The van der Waals surface area contributed by atoms with E-state index in [1.807, 2.05) is 24.0 Å². The first-order chi connectivity index (χ1) is 9.56. The molecule has 1 unspecified atom stereocenters. The second-order valence-electron chi connectivity index (χ2n) is 5.07. The van der Waals surface area contributed by atoms with Crippen LogP contribution < -0.4 is 5.32 Å². The Labute approximate surface area is 122 Å². The lowest BCUT2D eigenvalue weighted by molar-refractivity contribution is -0.136. The third-order valence-electron chi connectivity index (χ3n) is 3.41. The highest BCUT2D eigenvalue weighted by Crippen LogP contribution is 2.17. The molecule has 1 atom stereocenters. The van der Waals surface area contributed by atoms with Crippen LogP contribution in [0.3, 0.4) is 0 Å². The largest absolute Gasteiger partial charge is 0.481 e. The van der Waals surface area contributed by atoms with Gasteiger partial charge in [0, 0.05) is 29.4 Å². The maximum atomic E-state index is 12.1. The van der Waals surface area contributed by atoms with Gasteiger partial charge in [-0.15, -0.1) is 11.3 Å². The molecule has 1 fully saturated rings. The number of carboxylic acid groups (broad SMARTS) is 1. The molecule has 1 amide bonds. The molecule has 0 spiro atoms. The Morgan fingerprint density at radius 1 is 1.35 bits per heavy atom. The van der Waals surface area contributed by atoms with E-state index in [2.05, 4.69) is 5.32 Å². The fourth-order valence-electron chi connectivity index (χ4n) is 2.31. The van der Waals surface area contributed by atoms with Gasteiger partial charge in [-0.3, -0.25) is 9.59 Å². The first-order valence-corrected chi connectivity index (χ1v) is 7.69. The molecule has 0 radical (unpaired) electrons. The predicted molar refractivity (Wildman–Crippen MR) is 77.8 cm³/mol. The number of likely N-dealkylation sites (tertiary alicyclic amines) is 1. The number of nitrogens with zero attached hydrogens (tertiary/aromatic N) is 1. The quantitative estimate of drug-likeness (QED) is 0.834. The molecule has 0 aliphatic carbocycles. The lowest BCUT2D eigenvalue weighted by Crippen LogP contribution is -2.43. The number of carbonyl (C=O) groups excluding carboxylic acids is 1. The molecule has 2 heterocycles. The number of thiophene rings is 1. The summed E-state index contributed by atoms with van der Waals surface area (Å²) in [4.78, 5) is 26.5. The minimum absolute atomic E-state index is 0.0624. The maximum absolute atomic E-state index is 12.1. The van der Waals surface area contributed by atoms with Crippen LogP contribution in [0.15, 0.2) is 12.1 Å². The van der Waals surface area contributed by atoms with E-state index in [0.29, 0.717) is 6.54 Å². The number of carbonyl (C=O) groups is 2.